The Bertz CT molecular complexity index is 893. The van der Waals surface area contributed by atoms with Crippen LogP contribution in [-0.4, -0.2) is 19.6 Å². The Labute approximate surface area is 159 Å². The van der Waals surface area contributed by atoms with Gasteiger partial charge in [-0.3, -0.25) is 4.79 Å². The van der Waals surface area contributed by atoms with Crippen molar-refractivity contribution < 1.29 is 14.3 Å². The fraction of sp³-hybridized carbons (Fsp3) is 0.174. The predicted octanol–water partition coefficient (Wildman–Crippen LogP) is 4.62. The number of carbonyl (C=O) groups is 1. The first-order valence-electron chi connectivity index (χ1n) is 8.88. The highest BCUT2D eigenvalue weighted by atomic mass is 16.5. The second kappa shape index (κ2) is 8.90. The molecule has 0 bridgehead atoms. The summed E-state index contributed by atoms with van der Waals surface area (Å²) < 4.78 is 11.2. The van der Waals surface area contributed by atoms with Crippen molar-refractivity contribution in [2.24, 2.45) is 0 Å². The van der Waals surface area contributed by atoms with Crippen LogP contribution in [0.2, 0.25) is 0 Å². The summed E-state index contributed by atoms with van der Waals surface area (Å²) in [7, 11) is 1.62. The van der Waals surface area contributed by atoms with E-state index in [0.29, 0.717) is 5.75 Å². The monoisotopic (exact) mass is 361 g/mol. The Morgan fingerprint density at radius 3 is 2.26 bits per heavy atom. The molecule has 1 atom stereocenters. The zero-order valence-electron chi connectivity index (χ0n) is 15.5. The van der Waals surface area contributed by atoms with Crippen LogP contribution in [0.3, 0.4) is 0 Å². The third-order valence-electron chi connectivity index (χ3n) is 4.31. The maximum Gasteiger partial charge on any atom is 0.258 e. The molecule has 0 fully saturated rings. The summed E-state index contributed by atoms with van der Waals surface area (Å²) in [6.45, 7) is 1.87. The van der Waals surface area contributed by atoms with E-state index < -0.39 is 0 Å². The molecule has 0 saturated heterocycles. The fourth-order valence-corrected chi connectivity index (χ4v) is 2.98. The molecule has 4 heteroatoms. The lowest BCUT2D eigenvalue weighted by Crippen LogP contribution is -2.31. The summed E-state index contributed by atoms with van der Waals surface area (Å²) in [6.07, 6.45) is 0. The van der Waals surface area contributed by atoms with E-state index >= 15 is 0 Å². The van der Waals surface area contributed by atoms with E-state index in [9.17, 15) is 4.79 Å². The van der Waals surface area contributed by atoms with Crippen LogP contribution >= 0.6 is 0 Å². The van der Waals surface area contributed by atoms with E-state index in [1.165, 1.54) is 0 Å². The van der Waals surface area contributed by atoms with Crippen molar-refractivity contribution in [1.29, 1.82) is 0 Å². The van der Waals surface area contributed by atoms with Crippen LogP contribution in [0.25, 0.3) is 11.1 Å². The molecule has 0 aromatic heterocycles. The van der Waals surface area contributed by atoms with Crippen molar-refractivity contribution in [3.05, 3.63) is 84.4 Å². The topological polar surface area (TPSA) is 47.6 Å². The lowest BCUT2D eigenvalue weighted by Gasteiger charge is -2.18. The molecule has 0 aliphatic carbocycles. The minimum atomic E-state index is -0.184. The van der Waals surface area contributed by atoms with Gasteiger partial charge in [-0.1, -0.05) is 66.7 Å². The highest BCUT2D eigenvalue weighted by Crippen LogP contribution is 2.29. The number of para-hydroxylation sites is 2. The molecule has 3 aromatic rings. The van der Waals surface area contributed by atoms with Gasteiger partial charge in [0.05, 0.1) is 13.2 Å². The van der Waals surface area contributed by atoms with Gasteiger partial charge in [-0.2, -0.15) is 0 Å². The molecular formula is C23H23NO3. The second-order valence-corrected chi connectivity index (χ2v) is 6.18. The second-order valence-electron chi connectivity index (χ2n) is 6.18. The summed E-state index contributed by atoms with van der Waals surface area (Å²) in [5.41, 5.74) is 2.94. The van der Waals surface area contributed by atoms with Crippen LogP contribution in [0.5, 0.6) is 11.5 Å². The van der Waals surface area contributed by atoms with Gasteiger partial charge < -0.3 is 14.8 Å². The number of rotatable bonds is 7. The molecule has 138 valence electrons. The van der Waals surface area contributed by atoms with Crippen molar-refractivity contribution in [3.63, 3.8) is 0 Å². The molecule has 27 heavy (non-hydrogen) atoms. The maximum absolute atomic E-state index is 12.4. The first kappa shape index (κ1) is 18.5. The van der Waals surface area contributed by atoms with Gasteiger partial charge in [0.2, 0.25) is 0 Å². The molecule has 0 radical (unpaired) electrons. The minimum absolute atomic E-state index is 0.0522. The van der Waals surface area contributed by atoms with Crippen LogP contribution in [0.4, 0.5) is 0 Å². The van der Waals surface area contributed by atoms with Gasteiger partial charge in [0.25, 0.3) is 5.91 Å². The van der Waals surface area contributed by atoms with Crippen molar-refractivity contribution in [1.82, 2.24) is 5.32 Å². The molecule has 0 unspecified atom stereocenters. The number of ether oxygens (including phenoxy) is 2. The van der Waals surface area contributed by atoms with E-state index in [2.05, 4.69) is 5.32 Å². The van der Waals surface area contributed by atoms with Crippen LogP contribution in [0.15, 0.2) is 78.9 Å². The Morgan fingerprint density at radius 2 is 1.52 bits per heavy atom. The number of methoxy groups -OCH3 is 1. The summed E-state index contributed by atoms with van der Waals surface area (Å²) in [4.78, 5) is 12.4. The Hall–Kier alpha value is -3.27. The molecule has 1 N–H and O–H groups in total. The minimum Gasteiger partial charge on any atom is -0.496 e. The third-order valence-corrected chi connectivity index (χ3v) is 4.31. The molecule has 4 nitrogen and oxygen atoms in total. The third kappa shape index (κ3) is 4.67. The van der Waals surface area contributed by atoms with Crippen molar-refractivity contribution in [3.8, 4) is 22.6 Å². The predicted molar refractivity (Wildman–Crippen MR) is 107 cm³/mol. The molecule has 1 amide bonds. The summed E-state index contributed by atoms with van der Waals surface area (Å²) in [6, 6.07) is 25.2. The fourth-order valence-electron chi connectivity index (χ4n) is 2.98. The van der Waals surface area contributed by atoms with Crippen LogP contribution in [0.1, 0.15) is 18.5 Å². The quantitative estimate of drug-likeness (QED) is 0.668. The first-order chi connectivity index (χ1) is 13.2. The average Bonchev–Trinajstić information content (AvgIpc) is 2.73. The lowest BCUT2D eigenvalue weighted by molar-refractivity contribution is -0.123. The number of nitrogens with one attached hydrogen (secondary N) is 1. The van der Waals surface area contributed by atoms with E-state index in [-0.39, 0.29) is 18.6 Å². The number of amides is 1. The highest BCUT2D eigenvalue weighted by Gasteiger charge is 2.14. The zero-order valence-corrected chi connectivity index (χ0v) is 15.5. The standard InChI is InChI=1S/C23H23NO3/c1-17(19-12-6-8-14-21(19)26-2)24-23(25)16-27-22-15-9-7-13-20(22)18-10-4-3-5-11-18/h3-15,17H,16H2,1-2H3,(H,24,25)/t17-/m1/s1. The van der Waals surface area contributed by atoms with Gasteiger partial charge in [-0.05, 0) is 24.6 Å². The zero-order chi connectivity index (χ0) is 19.1. The van der Waals surface area contributed by atoms with Crippen LogP contribution in [0, 0.1) is 0 Å². The van der Waals surface area contributed by atoms with Gasteiger partial charge in [0, 0.05) is 11.1 Å². The van der Waals surface area contributed by atoms with Gasteiger partial charge in [-0.25, -0.2) is 0 Å². The summed E-state index contributed by atoms with van der Waals surface area (Å²) >= 11 is 0. The molecule has 3 aromatic carbocycles. The molecule has 0 saturated carbocycles. The molecule has 0 spiro atoms. The summed E-state index contributed by atoms with van der Waals surface area (Å²) in [5, 5.41) is 2.96. The van der Waals surface area contributed by atoms with Gasteiger partial charge >= 0.3 is 0 Å². The van der Waals surface area contributed by atoms with E-state index in [0.717, 1.165) is 22.4 Å². The van der Waals surface area contributed by atoms with Gasteiger partial charge in [0.15, 0.2) is 6.61 Å². The van der Waals surface area contributed by atoms with Crippen molar-refractivity contribution >= 4 is 5.91 Å². The van der Waals surface area contributed by atoms with Crippen molar-refractivity contribution in [2.75, 3.05) is 13.7 Å². The van der Waals surface area contributed by atoms with E-state index in [1.54, 1.807) is 7.11 Å². The summed E-state index contributed by atoms with van der Waals surface area (Å²) in [5.74, 6) is 1.25. The Morgan fingerprint density at radius 1 is 0.889 bits per heavy atom. The molecule has 0 aliphatic heterocycles. The van der Waals surface area contributed by atoms with Gasteiger partial charge in [-0.15, -0.1) is 0 Å². The molecule has 0 heterocycles. The lowest BCUT2D eigenvalue weighted by atomic mass is 10.1. The Balaban J connectivity index is 1.65. The van der Waals surface area contributed by atoms with Gasteiger partial charge in [0.1, 0.15) is 11.5 Å². The molecule has 3 rings (SSSR count). The number of benzene rings is 3. The van der Waals surface area contributed by atoms with Crippen LogP contribution in [-0.2, 0) is 4.79 Å². The molecular weight excluding hydrogens is 338 g/mol. The first-order valence-corrected chi connectivity index (χ1v) is 8.88. The number of hydrogen-bond acceptors (Lipinski definition) is 3. The molecule has 0 aliphatic rings. The SMILES string of the molecule is COc1ccccc1[C@@H](C)NC(=O)COc1ccccc1-c1ccccc1. The Kier molecular flexibility index (Phi) is 6.10. The van der Waals surface area contributed by atoms with E-state index in [4.69, 9.17) is 9.47 Å². The average molecular weight is 361 g/mol. The number of hydrogen-bond donors (Lipinski definition) is 1. The van der Waals surface area contributed by atoms with E-state index in [1.807, 2.05) is 85.8 Å². The smallest absolute Gasteiger partial charge is 0.258 e. The largest absolute Gasteiger partial charge is 0.496 e. The van der Waals surface area contributed by atoms with Crippen LogP contribution < -0.4 is 14.8 Å². The maximum atomic E-state index is 12.4. The highest BCUT2D eigenvalue weighted by molar-refractivity contribution is 5.79. The number of carbonyl (C=O) groups excluding carboxylic acids is 1. The van der Waals surface area contributed by atoms with Crippen molar-refractivity contribution in [2.45, 2.75) is 13.0 Å². The normalized spacial score (nSPS) is 11.5.